The summed E-state index contributed by atoms with van der Waals surface area (Å²) in [7, 11) is 1.79. The van der Waals surface area contributed by atoms with Crippen LogP contribution in [-0.2, 0) is 23.7 Å². The Bertz CT molecular complexity index is 705. The summed E-state index contributed by atoms with van der Waals surface area (Å²) >= 11 is 0. The van der Waals surface area contributed by atoms with Gasteiger partial charge in [-0.15, -0.1) is 0 Å². The molecular formula is C16H18N4O. The number of Topliss-reactive ketones (excluding diaryl/α,β-unsaturated/α-hetero) is 1. The molecule has 0 bridgehead atoms. The Morgan fingerprint density at radius 1 is 1.57 bits per heavy atom. The number of aromatic nitrogens is 2. The SMILES string of the molecule is [C-]#[N+]C1C[C@]2(C)c3nn(C)c(C#N)c3CC[C@H]2[C@H](C)C1=O. The number of carbonyl (C=O) groups excluding carboxylic acids is 1. The lowest BCUT2D eigenvalue weighted by atomic mass is 9.55. The Morgan fingerprint density at radius 3 is 2.90 bits per heavy atom. The summed E-state index contributed by atoms with van der Waals surface area (Å²) in [5, 5.41) is 13.9. The van der Waals surface area contributed by atoms with Gasteiger partial charge in [0, 0.05) is 30.4 Å². The number of nitrogens with zero attached hydrogens (tertiary/aromatic N) is 4. The largest absolute Gasteiger partial charge is 0.305 e. The minimum Gasteiger partial charge on any atom is -0.305 e. The monoisotopic (exact) mass is 282 g/mol. The standard InChI is InChI=1S/C16H18N4O/c1-9-11-6-5-10-13(8-17)20(4)19-15(10)16(11,2)7-12(18-3)14(9)21/h9,11-12H,5-7H2,1-2,4H3/t9-,11-,12?,16-/m0/s1. The van der Waals surface area contributed by atoms with E-state index in [2.05, 4.69) is 22.9 Å². The molecule has 0 radical (unpaired) electrons. The molecule has 5 heteroatoms. The zero-order valence-electron chi connectivity index (χ0n) is 12.6. The Labute approximate surface area is 124 Å². The van der Waals surface area contributed by atoms with E-state index in [-0.39, 0.29) is 23.0 Å². The second-order valence-electron chi connectivity index (χ2n) is 6.51. The quantitative estimate of drug-likeness (QED) is 0.684. The fraction of sp³-hybridized carbons (Fsp3) is 0.625. The van der Waals surface area contributed by atoms with Gasteiger partial charge in [0.15, 0.2) is 0 Å². The zero-order valence-corrected chi connectivity index (χ0v) is 12.6. The summed E-state index contributed by atoms with van der Waals surface area (Å²) in [5.41, 5.74) is 2.30. The van der Waals surface area contributed by atoms with E-state index >= 15 is 0 Å². The molecule has 2 aliphatic carbocycles. The van der Waals surface area contributed by atoms with E-state index in [1.54, 1.807) is 11.7 Å². The third-order valence-electron chi connectivity index (χ3n) is 5.47. The van der Waals surface area contributed by atoms with E-state index in [0.717, 1.165) is 24.1 Å². The molecule has 1 fully saturated rings. The van der Waals surface area contributed by atoms with Gasteiger partial charge >= 0.3 is 0 Å². The highest BCUT2D eigenvalue weighted by Gasteiger charge is 2.55. The van der Waals surface area contributed by atoms with Gasteiger partial charge in [0.05, 0.1) is 5.69 Å². The summed E-state index contributed by atoms with van der Waals surface area (Å²) in [6, 6.07) is 1.66. The Morgan fingerprint density at radius 2 is 2.29 bits per heavy atom. The molecule has 21 heavy (non-hydrogen) atoms. The number of ketones is 1. The number of aryl methyl sites for hydroxylation is 1. The lowest BCUT2D eigenvalue weighted by molar-refractivity contribution is -0.129. The molecule has 3 rings (SSSR count). The van der Waals surface area contributed by atoms with E-state index in [0.29, 0.717) is 12.1 Å². The van der Waals surface area contributed by atoms with E-state index in [1.807, 2.05) is 6.92 Å². The average molecular weight is 282 g/mol. The first-order chi connectivity index (χ1) is 9.93. The van der Waals surface area contributed by atoms with Gasteiger partial charge in [-0.1, -0.05) is 13.8 Å². The lowest BCUT2D eigenvalue weighted by Gasteiger charge is -2.46. The van der Waals surface area contributed by atoms with Gasteiger partial charge in [-0.2, -0.15) is 10.4 Å². The number of hydrogen-bond acceptors (Lipinski definition) is 3. The average Bonchev–Trinajstić information content (AvgIpc) is 2.80. The van der Waals surface area contributed by atoms with Gasteiger partial charge in [-0.3, -0.25) is 9.48 Å². The molecule has 0 N–H and O–H groups in total. The third-order valence-corrected chi connectivity index (χ3v) is 5.47. The topological polar surface area (TPSA) is 63.0 Å². The van der Waals surface area contributed by atoms with Gasteiger partial charge < -0.3 is 4.85 Å². The van der Waals surface area contributed by atoms with Crippen molar-refractivity contribution in [2.24, 2.45) is 18.9 Å². The predicted molar refractivity (Wildman–Crippen MR) is 76.3 cm³/mol. The van der Waals surface area contributed by atoms with E-state index in [9.17, 15) is 10.1 Å². The van der Waals surface area contributed by atoms with Gasteiger partial charge in [0.25, 0.3) is 6.04 Å². The van der Waals surface area contributed by atoms with Crippen LogP contribution in [0.5, 0.6) is 0 Å². The highest BCUT2D eigenvalue weighted by atomic mass is 16.1. The number of nitriles is 1. The highest BCUT2D eigenvalue weighted by molar-refractivity contribution is 5.89. The molecule has 1 unspecified atom stereocenters. The van der Waals surface area contributed by atoms with Gasteiger partial charge in [0.2, 0.25) is 5.78 Å². The maximum atomic E-state index is 12.3. The molecule has 2 aliphatic rings. The minimum absolute atomic E-state index is 0.0763. The maximum Gasteiger partial charge on any atom is 0.282 e. The van der Waals surface area contributed by atoms with Crippen molar-refractivity contribution in [1.29, 1.82) is 5.26 Å². The molecule has 0 aliphatic heterocycles. The number of hydrogen-bond donors (Lipinski definition) is 0. The van der Waals surface area contributed by atoms with Crippen molar-refractivity contribution in [3.63, 3.8) is 0 Å². The fourth-order valence-electron chi connectivity index (χ4n) is 4.36. The summed E-state index contributed by atoms with van der Waals surface area (Å²) in [5.74, 6) is 0.188. The summed E-state index contributed by atoms with van der Waals surface area (Å²) in [4.78, 5) is 15.8. The van der Waals surface area contributed by atoms with Crippen LogP contribution in [0.3, 0.4) is 0 Å². The lowest BCUT2D eigenvalue weighted by Crippen LogP contribution is -2.51. The summed E-state index contributed by atoms with van der Waals surface area (Å²) < 4.78 is 1.65. The molecule has 1 saturated carbocycles. The Hall–Kier alpha value is -2.14. The molecule has 0 aromatic carbocycles. The molecule has 1 aromatic rings. The molecule has 4 atom stereocenters. The van der Waals surface area contributed by atoms with Crippen molar-refractivity contribution in [2.45, 2.75) is 44.6 Å². The molecule has 108 valence electrons. The van der Waals surface area contributed by atoms with E-state index in [1.165, 1.54) is 0 Å². The van der Waals surface area contributed by atoms with Gasteiger partial charge in [-0.05, 0) is 18.8 Å². The van der Waals surface area contributed by atoms with Crippen LogP contribution in [0.25, 0.3) is 4.85 Å². The Balaban J connectivity index is 2.16. The fourth-order valence-corrected chi connectivity index (χ4v) is 4.36. The van der Waals surface area contributed by atoms with Crippen LogP contribution in [0.4, 0.5) is 0 Å². The van der Waals surface area contributed by atoms with Crippen LogP contribution in [0.15, 0.2) is 0 Å². The van der Waals surface area contributed by atoms with Crippen molar-refractivity contribution >= 4 is 5.78 Å². The summed E-state index contributed by atoms with van der Waals surface area (Å²) in [6.45, 7) is 11.4. The molecular weight excluding hydrogens is 264 g/mol. The van der Waals surface area contributed by atoms with Crippen molar-refractivity contribution in [2.75, 3.05) is 0 Å². The molecule has 0 amide bonds. The molecule has 1 aromatic heterocycles. The number of rotatable bonds is 0. The maximum absolute atomic E-state index is 12.3. The van der Waals surface area contributed by atoms with Crippen molar-refractivity contribution < 1.29 is 4.79 Å². The number of fused-ring (bicyclic) bond motifs is 3. The van der Waals surface area contributed by atoms with E-state index < -0.39 is 6.04 Å². The molecule has 0 spiro atoms. The third kappa shape index (κ3) is 1.67. The van der Waals surface area contributed by atoms with Crippen LogP contribution < -0.4 is 0 Å². The van der Waals surface area contributed by atoms with Crippen LogP contribution in [-0.4, -0.2) is 21.6 Å². The van der Waals surface area contributed by atoms with Crippen molar-refractivity contribution in [3.8, 4) is 6.07 Å². The normalized spacial score (nSPS) is 34.5. The molecule has 0 saturated heterocycles. The number of carbonyl (C=O) groups is 1. The minimum atomic E-state index is -0.570. The first-order valence-electron chi connectivity index (χ1n) is 7.30. The highest BCUT2D eigenvalue weighted by Crippen LogP contribution is 2.51. The van der Waals surface area contributed by atoms with Gasteiger partial charge in [0.1, 0.15) is 11.8 Å². The molecule has 1 heterocycles. The van der Waals surface area contributed by atoms with Crippen molar-refractivity contribution in [3.05, 3.63) is 28.4 Å². The van der Waals surface area contributed by atoms with Crippen LogP contribution in [0.2, 0.25) is 0 Å². The second kappa shape index (κ2) is 4.43. The first kappa shape index (κ1) is 13.8. The second-order valence-corrected chi connectivity index (χ2v) is 6.51. The first-order valence-corrected chi connectivity index (χ1v) is 7.30. The van der Waals surface area contributed by atoms with Gasteiger partial charge in [-0.25, -0.2) is 6.57 Å². The summed E-state index contributed by atoms with van der Waals surface area (Å²) in [6.07, 6.45) is 2.22. The predicted octanol–water partition coefficient (Wildman–Crippen LogP) is 2.01. The smallest absolute Gasteiger partial charge is 0.282 e. The van der Waals surface area contributed by atoms with Crippen molar-refractivity contribution in [1.82, 2.24) is 9.78 Å². The molecule has 5 nitrogen and oxygen atoms in total. The Kier molecular flexibility index (Phi) is 2.92. The van der Waals surface area contributed by atoms with Crippen LogP contribution >= 0.6 is 0 Å². The van der Waals surface area contributed by atoms with E-state index in [4.69, 9.17) is 6.57 Å². The zero-order chi connectivity index (χ0) is 15.4. The van der Waals surface area contributed by atoms with Crippen LogP contribution in [0, 0.1) is 29.7 Å². The van der Waals surface area contributed by atoms with Crippen LogP contribution in [0.1, 0.15) is 43.6 Å².